The molecule has 4 aliphatic rings. The van der Waals surface area contributed by atoms with Crippen LogP contribution >= 0.6 is 0 Å². The molecule has 2 fully saturated rings. The Morgan fingerprint density at radius 1 is 0.632 bits per heavy atom. The van der Waals surface area contributed by atoms with Crippen molar-refractivity contribution in [3.63, 3.8) is 0 Å². The van der Waals surface area contributed by atoms with Crippen LogP contribution in [0.3, 0.4) is 0 Å². The third-order valence-electron chi connectivity index (χ3n) is 5.93. The number of hydrogen-bond acceptors (Lipinski definition) is 0. The Hall–Kier alpha value is -1.04. The molecule has 4 unspecified atom stereocenters. The molecule has 4 rings (SSSR count). The average molecular weight is 252 g/mol. The number of rotatable bonds is 0. The second-order valence-corrected chi connectivity index (χ2v) is 6.78. The minimum atomic E-state index is 0.875. The van der Waals surface area contributed by atoms with Crippen molar-refractivity contribution in [2.75, 3.05) is 0 Å². The average Bonchev–Trinajstić information content (AvgIpc) is 2.84. The summed E-state index contributed by atoms with van der Waals surface area (Å²) in [5, 5.41) is 0. The molecule has 100 valence electrons. The Labute approximate surface area is 117 Å². The summed E-state index contributed by atoms with van der Waals surface area (Å²) in [7, 11) is 0. The fourth-order valence-electron chi connectivity index (χ4n) is 5.23. The number of hydrogen-bond donors (Lipinski definition) is 0. The van der Waals surface area contributed by atoms with Crippen molar-refractivity contribution >= 4 is 0 Å². The summed E-state index contributed by atoms with van der Waals surface area (Å²) >= 11 is 0. The molecule has 0 aliphatic heterocycles. The monoisotopic (exact) mass is 252 g/mol. The molecule has 0 radical (unpaired) electrons. The van der Waals surface area contributed by atoms with E-state index in [4.69, 9.17) is 0 Å². The molecule has 0 N–H and O–H groups in total. The molecule has 0 nitrogen and oxygen atoms in total. The lowest BCUT2D eigenvalue weighted by Gasteiger charge is -2.29. The summed E-state index contributed by atoms with van der Waals surface area (Å²) in [6, 6.07) is 0. The number of allylic oxidation sites excluding steroid dienone is 8. The van der Waals surface area contributed by atoms with E-state index in [2.05, 4.69) is 36.5 Å². The van der Waals surface area contributed by atoms with Crippen LogP contribution in [0.5, 0.6) is 0 Å². The first-order valence-corrected chi connectivity index (χ1v) is 8.20. The summed E-state index contributed by atoms with van der Waals surface area (Å²) in [5.74, 6) is 3.77. The zero-order valence-corrected chi connectivity index (χ0v) is 11.7. The van der Waals surface area contributed by atoms with Crippen molar-refractivity contribution in [2.24, 2.45) is 23.7 Å². The highest BCUT2D eigenvalue weighted by Crippen LogP contribution is 2.57. The van der Waals surface area contributed by atoms with Crippen LogP contribution in [0.4, 0.5) is 0 Å². The fourth-order valence-corrected chi connectivity index (χ4v) is 5.23. The molecule has 4 atom stereocenters. The first kappa shape index (κ1) is 11.8. The van der Waals surface area contributed by atoms with Crippen molar-refractivity contribution in [1.29, 1.82) is 0 Å². The number of fused-ring (bicyclic) bond motifs is 2. The lowest BCUT2D eigenvalue weighted by molar-refractivity contribution is 0.231. The summed E-state index contributed by atoms with van der Waals surface area (Å²) in [6.07, 6.45) is 24.0. The highest BCUT2D eigenvalue weighted by atomic mass is 14.5. The van der Waals surface area contributed by atoms with Gasteiger partial charge in [-0.2, -0.15) is 0 Å². The molecule has 0 aromatic carbocycles. The summed E-state index contributed by atoms with van der Waals surface area (Å²) in [6.45, 7) is 0. The van der Waals surface area contributed by atoms with Crippen LogP contribution < -0.4 is 0 Å². The molecule has 4 aliphatic carbocycles. The molecule has 0 saturated heterocycles. The second-order valence-electron chi connectivity index (χ2n) is 6.78. The van der Waals surface area contributed by atoms with E-state index >= 15 is 0 Å². The Balaban J connectivity index is 1.75. The van der Waals surface area contributed by atoms with E-state index in [-0.39, 0.29) is 0 Å². The largest absolute Gasteiger partial charge is 0.0623 e. The lowest BCUT2D eigenvalue weighted by atomic mass is 9.75. The molecule has 0 aromatic rings. The SMILES string of the molecule is C1=C/C=C\C2=C(C=C1)C1CCCCCC3CCC2C31. The van der Waals surface area contributed by atoms with Crippen molar-refractivity contribution < 1.29 is 0 Å². The van der Waals surface area contributed by atoms with Crippen LogP contribution in [-0.2, 0) is 0 Å². The Morgan fingerprint density at radius 2 is 1.32 bits per heavy atom. The standard InChI is InChI=1S/C19H24/c1-2-6-10-16-15(9-5-1)17-11-7-3-4-8-14-12-13-18(16)19(14)17/h1-2,5-6,9-10,14,17-19H,3-4,7-8,11-13H2/b2-1?,5-1?,6-2?,9-5?,10-6-,15-9?,16-10?. The highest BCUT2D eigenvalue weighted by molar-refractivity contribution is 5.46. The van der Waals surface area contributed by atoms with Gasteiger partial charge in [-0.25, -0.2) is 0 Å². The van der Waals surface area contributed by atoms with E-state index < -0.39 is 0 Å². The van der Waals surface area contributed by atoms with E-state index in [1.807, 2.05) is 0 Å². The van der Waals surface area contributed by atoms with Crippen molar-refractivity contribution in [3.8, 4) is 0 Å². The van der Waals surface area contributed by atoms with Crippen LogP contribution in [-0.4, -0.2) is 0 Å². The van der Waals surface area contributed by atoms with E-state index in [1.165, 1.54) is 44.9 Å². The predicted octanol–water partition coefficient (Wildman–Crippen LogP) is 5.20. The molecular formula is C19H24. The topological polar surface area (TPSA) is 0 Å². The van der Waals surface area contributed by atoms with Crippen LogP contribution in [0.25, 0.3) is 0 Å². The normalized spacial score (nSPS) is 42.1. The van der Waals surface area contributed by atoms with Gasteiger partial charge in [0.05, 0.1) is 0 Å². The molecule has 0 spiro atoms. The van der Waals surface area contributed by atoms with Gasteiger partial charge in [0.2, 0.25) is 0 Å². The molecule has 0 bridgehead atoms. The molecule has 0 heterocycles. The molecule has 0 amide bonds. The maximum Gasteiger partial charge on any atom is -0.0122 e. The second kappa shape index (κ2) is 4.81. The molecule has 19 heavy (non-hydrogen) atoms. The molecule has 2 saturated carbocycles. The van der Waals surface area contributed by atoms with E-state index in [9.17, 15) is 0 Å². The van der Waals surface area contributed by atoms with Crippen LogP contribution in [0, 0.1) is 23.7 Å². The van der Waals surface area contributed by atoms with Crippen molar-refractivity contribution in [3.05, 3.63) is 47.6 Å². The van der Waals surface area contributed by atoms with Gasteiger partial charge in [-0.05, 0) is 54.1 Å². The maximum atomic E-state index is 2.43. The summed E-state index contributed by atoms with van der Waals surface area (Å²) in [4.78, 5) is 0. The van der Waals surface area contributed by atoms with E-state index in [1.54, 1.807) is 11.1 Å². The zero-order valence-electron chi connectivity index (χ0n) is 11.7. The van der Waals surface area contributed by atoms with Gasteiger partial charge in [-0.3, -0.25) is 0 Å². The van der Waals surface area contributed by atoms with Gasteiger partial charge in [0.15, 0.2) is 0 Å². The third kappa shape index (κ3) is 1.88. The van der Waals surface area contributed by atoms with Crippen LogP contribution in [0.15, 0.2) is 47.6 Å². The lowest BCUT2D eigenvalue weighted by Crippen LogP contribution is -2.22. The fraction of sp³-hybridized carbons (Fsp3) is 0.579. The van der Waals surface area contributed by atoms with Crippen molar-refractivity contribution in [2.45, 2.75) is 44.9 Å². The Morgan fingerprint density at radius 3 is 2.11 bits per heavy atom. The Bertz CT molecular complexity index is 474. The van der Waals surface area contributed by atoms with Gasteiger partial charge in [0, 0.05) is 0 Å². The summed E-state index contributed by atoms with van der Waals surface area (Å²) in [5.41, 5.74) is 3.39. The van der Waals surface area contributed by atoms with Gasteiger partial charge in [0.1, 0.15) is 0 Å². The Kier molecular flexibility index (Phi) is 2.98. The first-order chi connectivity index (χ1) is 9.45. The molecule has 0 aromatic heterocycles. The van der Waals surface area contributed by atoms with Gasteiger partial charge in [-0.15, -0.1) is 0 Å². The van der Waals surface area contributed by atoms with Gasteiger partial charge < -0.3 is 0 Å². The maximum absolute atomic E-state index is 2.43. The van der Waals surface area contributed by atoms with Gasteiger partial charge in [-0.1, -0.05) is 62.1 Å². The summed E-state index contributed by atoms with van der Waals surface area (Å²) < 4.78 is 0. The minimum absolute atomic E-state index is 0.875. The highest BCUT2D eigenvalue weighted by Gasteiger charge is 2.48. The smallest absolute Gasteiger partial charge is 0.0122 e. The van der Waals surface area contributed by atoms with E-state index in [0.717, 1.165) is 23.7 Å². The predicted molar refractivity (Wildman–Crippen MR) is 80.7 cm³/mol. The zero-order chi connectivity index (χ0) is 12.7. The quantitative estimate of drug-likeness (QED) is 0.555. The van der Waals surface area contributed by atoms with Gasteiger partial charge in [0.25, 0.3) is 0 Å². The first-order valence-electron chi connectivity index (χ1n) is 8.20. The van der Waals surface area contributed by atoms with Crippen molar-refractivity contribution in [1.82, 2.24) is 0 Å². The van der Waals surface area contributed by atoms with Crippen LogP contribution in [0.2, 0.25) is 0 Å². The van der Waals surface area contributed by atoms with E-state index in [0.29, 0.717) is 0 Å². The third-order valence-corrected chi connectivity index (χ3v) is 5.93. The minimum Gasteiger partial charge on any atom is -0.0623 e. The molecular weight excluding hydrogens is 228 g/mol. The van der Waals surface area contributed by atoms with Gasteiger partial charge >= 0.3 is 0 Å². The molecule has 0 heteroatoms. The van der Waals surface area contributed by atoms with Crippen LogP contribution in [0.1, 0.15) is 44.9 Å².